The maximum absolute atomic E-state index is 12.5. The van der Waals surface area contributed by atoms with Crippen molar-refractivity contribution in [2.75, 3.05) is 24.4 Å². The van der Waals surface area contributed by atoms with Gasteiger partial charge in [-0.05, 0) is 48.7 Å². The number of thiophene rings is 1. The lowest BCUT2D eigenvalue weighted by atomic mass is 10.2. The van der Waals surface area contributed by atoms with E-state index in [2.05, 4.69) is 10.6 Å². The molecule has 3 aromatic rings. The van der Waals surface area contributed by atoms with Crippen LogP contribution in [-0.4, -0.2) is 25.5 Å². The zero-order valence-electron chi connectivity index (χ0n) is 15.5. The molecular formula is C21H20N2O4S. The Balaban J connectivity index is 1.73. The Bertz CT molecular complexity index is 970. The number of ether oxygens (including phenoxy) is 2. The molecule has 0 saturated heterocycles. The van der Waals surface area contributed by atoms with Crippen molar-refractivity contribution < 1.29 is 19.1 Å². The van der Waals surface area contributed by atoms with Crippen LogP contribution in [0.15, 0.2) is 60.0 Å². The van der Waals surface area contributed by atoms with Crippen molar-refractivity contribution in [3.8, 4) is 11.5 Å². The zero-order valence-corrected chi connectivity index (χ0v) is 16.3. The van der Waals surface area contributed by atoms with E-state index < -0.39 is 0 Å². The van der Waals surface area contributed by atoms with Crippen LogP contribution in [0.1, 0.15) is 27.0 Å². The number of benzene rings is 2. The van der Waals surface area contributed by atoms with Gasteiger partial charge >= 0.3 is 0 Å². The second-order valence-electron chi connectivity index (χ2n) is 5.76. The van der Waals surface area contributed by atoms with Crippen LogP contribution in [0.3, 0.4) is 0 Å². The lowest BCUT2D eigenvalue weighted by Gasteiger charge is -2.12. The van der Waals surface area contributed by atoms with Gasteiger partial charge < -0.3 is 20.1 Å². The number of amides is 2. The number of hydrogen-bond acceptors (Lipinski definition) is 5. The predicted octanol–water partition coefficient (Wildman–Crippen LogP) is 4.66. The molecule has 0 spiro atoms. The van der Waals surface area contributed by atoms with Gasteiger partial charge in [-0.3, -0.25) is 9.59 Å². The van der Waals surface area contributed by atoms with E-state index in [1.165, 1.54) is 18.4 Å². The molecule has 0 atom stereocenters. The topological polar surface area (TPSA) is 76.7 Å². The van der Waals surface area contributed by atoms with Gasteiger partial charge in [-0.25, -0.2) is 0 Å². The van der Waals surface area contributed by atoms with Crippen molar-refractivity contribution in [2.24, 2.45) is 0 Å². The summed E-state index contributed by atoms with van der Waals surface area (Å²) in [6.07, 6.45) is 0. The Labute approximate surface area is 167 Å². The monoisotopic (exact) mass is 396 g/mol. The fraction of sp³-hybridized carbons (Fsp3) is 0.143. The summed E-state index contributed by atoms with van der Waals surface area (Å²) in [5.74, 6) is 0.613. The Kier molecular flexibility index (Phi) is 6.29. The van der Waals surface area contributed by atoms with Gasteiger partial charge in [0, 0.05) is 17.3 Å². The van der Waals surface area contributed by atoms with Crippen molar-refractivity contribution >= 4 is 34.5 Å². The number of carbonyl (C=O) groups excluding carboxylic acids is 2. The molecule has 1 aromatic heterocycles. The van der Waals surface area contributed by atoms with E-state index in [1.807, 2.05) is 18.4 Å². The maximum atomic E-state index is 12.5. The molecular weight excluding hydrogens is 376 g/mol. The van der Waals surface area contributed by atoms with Crippen LogP contribution in [0.5, 0.6) is 11.5 Å². The largest absolute Gasteiger partial charge is 0.494 e. The molecule has 3 rings (SSSR count). The van der Waals surface area contributed by atoms with Gasteiger partial charge in [0.25, 0.3) is 11.8 Å². The van der Waals surface area contributed by atoms with Crippen molar-refractivity contribution in [1.29, 1.82) is 0 Å². The first kappa shape index (κ1) is 19.4. The fourth-order valence-corrected chi connectivity index (χ4v) is 3.18. The molecule has 2 N–H and O–H groups in total. The van der Waals surface area contributed by atoms with E-state index in [-0.39, 0.29) is 11.8 Å². The summed E-state index contributed by atoms with van der Waals surface area (Å²) in [5, 5.41) is 7.48. The number of rotatable bonds is 7. The Morgan fingerprint density at radius 3 is 2.57 bits per heavy atom. The third kappa shape index (κ3) is 4.69. The van der Waals surface area contributed by atoms with Gasteiger partial charge in [-0.2, -0.15) is 0 Å². The minimum Gasteiger partial charge on any atom is -0.494 e. The molecule has 0 saturated carbocycles. The first-order chi connectivity index (χ1) is 13.6. The van der Waals surface area contributed by atoms with Crippen LogP contribution in [0.25, 0.3) is 0 Å². The molecule has 1 heterocycles. The van der Waals surface area contributed by atoms with Crippen LogP contribution >= 0.6 is 11.3 Å². The first-order valence-corrected chi connectivity index (χ1v) is 9.55. The second-order valence-corrected chi connectivity index (χ2v) is 6.71. The third-order valence-corrected chi connectivity index (χ3v) is 4.73. The molecule has 28 heavy (non-hydrogen) atoms. The number of hydrogen-bond donors (Lipinski definition) is 2. The molecule has 0 fully saturated rings. The summed E-state index contributed by atoms with van der Waals surface area (Å²) >= 11 is 1.36. The van der Waals surface area contributed by atoms with Crippen molar-refractivity contribution in [3.63, 3.8) is 0 Å². The van der Waals surface area contributed by atoms with E-state index in [4.69, 9.17) is 9.47 Å². The molecule has 144 valence electrons. The Hall–Kier alpha value is -3.32. The highest BCUT2D eigenvalue weighted by atomic mass is 32.1. The van der Waals surface area contributed by atoms with E-state index in [0.717, 1.165) is 0 Å². The molecule has 2 aromatic carbocycles. The molecule has 0 bridgehead atoms. The zero-order chi connectivity index (χ0) is 19.9. The lowest BCUT2D eigenvalue weighted by Crippen LogP contribution is -2.13. The van der Waals surface area contributed by atoms with Gasteiger partial charge in [0.15, 0.2) is 0 Å². The van der Waals surface area contributed by atoms with Crippen molar-refractivity contribution in [3.05, 3.63) is 70.4 Å². The summed E-state index contributed by atoms with van der Waals surface area (Å²) in [6.45, 7) is 2.42. The van der Waals surface area contributed by atoms with Crippen LogP contribution in [0.4, 0.5) is 11.4 Å². The maximum Gasteiger partial charge on any atom is 0.265 e. The highest BCUT2D eigenvalue weighted by Gasteiger charge is 2.13. The Morgan fingerprint density at radius 1 is 1.00 bits per heavy atom. The Morgan fingerprint density at radius 2 is 1.86 bits per heavy atom. The molecule has 0 radical (unpaired) electrons. The van der Waals surface area contributed by atoms with Gasteiger partial charge in [0.2, 0.25) is 0 Å². The van der Waals surface area contributed by atoms with Crippen molar-refractivity contribution in [2.45, 2.75) is 6.92 Å². The normalized spacial score (nSPS) is 10.2. The van der Waals surface area contributed by atoms with E-state index in [1.54, 1.807) is 48.5 Å². The molecule has 0 aliphatic heterocycles. The molecule has 7 heteroatoms. The van der Waals surface area contributed by atoms with Crippen molar-refractivity contribution in [1.82, 2.24) is 0 Å². The summed E-state index contributed by atoms with van der Waals surface area (Å²) in [6, 6.07) is 15.6. The predicted molar refractivity (Wildman–Crippen MR) is 111 cm³/mol. The lowest BCUT2D eigenvalue weighted by molar-refractivity contribution is 0.101. The smallest absolute Gasteiger partial charge is 0.265 e. The molecule has 2 amide bonds. The number of nitrogens with one attached hydrogen (secondary N) is 2. The minimum absolute atomic E-state index is 0.210. The molecule has 6 nitrogen and oxygen atoms in total. The van der Waals surface area contributed by atoms with Gasteiger partial charge in [-0.15, -0.1) is 11.3 Å². The minimum atomic E-state index is -0.265. The van der Waals surface area contributed by atoms with Gasteiger partial charge in [0.1, 0.15) is 11.5 Å². The van der Waals surface area contributed by atoms with Crippen LogP contribution < -0.4 is 20.1 Å². The van der Waals surface area contributed by atoms with Crippen LogP contribution in [-0.2, 0) is 0 Å². The summed E-state index contributed by atoms with van der Waals surface area (Å²) < 4.78 is 10.8. The van der Waals surface area contributed by atoms with E-state index >= 15 is 0 Å². The molecule has 0 aliphatic carbocycles. The van der Waals surface area contributed by atoms with Crippen LogP contribution in [0, 0.1) is 0 Å². The van der Waals surface area contributed by atoms with E-state index in [9.17, 15) is 9.59 Å². The molecule has 0 aliphatic rings. The first-order valence-electron chi connectivity index (χ1n) is 8.68. The van der Waals surface area contributed by atoms with Gasteiger partial charge in [0.05, 0.1) is 24.3 Å². The van der Waals surface area contributed by atoms with Gasteiger partial charge in [-0.1, -0.05) is 12.1 Å². The summed E-state index contributed by atoms with van der Waals surface area (Å²) in [7, 11) is 1.51. The SMILES string of the molecule is CCOc1cccc(C(=O)Nc2ccc(NC(=O)c3cccs3)c(OC)c2)c1. The average Bonchev–Trinajstić information content (AvgIpc) is 3.24. The number of anilines is 2. The summed E-state index contributed by atoms with van der Waals surface area (Å²) in [4.78, 5) is 25.4. The van der Waals surface area contributed by atoms with E-state index in [0.29, 0.717) is 39.9 Å². The highest BCUT2D eigenvalue weighted by molar-refractivity contribution is 7.12. The highest BCUT2D eigenvalue weighted by Crippen LogP contribution is 2.29. The molecule has 0 unspecified atom stereocenters. The average molecular weight is 396 g/mol. The number of carbonyl (C=O) groups is 2. The third-order valence-electron chi connectivity index (χ3n) is 3.86. The number of methoxy groups -OCH3 is 1. The fourth-order valence-electron chi connectivity index (χ4n) is 2.56. The van der Waals surface area contributed by atoms with Crippen LogP contribution in [0.2, 0.25) is 0 Å². The quantitative estimate of drug-likeness (QED) is 0.609. The standard InChI is InChI=1S/C21H20N2O4S/c1-3-27-16-7-4-6-14(12-16)20(24)22-15-9-10-17(18(13-15)26-2)23-21(25)19-8-5-11-28-19/h4-13H,3H2,1-2H3,(H,22,24)(H,23,25). The summed E-state index contributed by atoms with van der Waals surface area (Å²) in [5.41, 5.74) is 1.56. The second kappa shape index (κ2) is 9.05.